The van der Waals surface area contributed by atoms with E-state index in [4.69, 9.17) is 27.3 Å². The van der Waals surface area contributed by atoms with Crippen LogP contribution in [0.2, 0.25) is 5.02 Å². The first-order valence-electron chi connectivity index (χ1n) is 14.6. The van der Waals surface area contributed by atoms with Gasteiger partial charge in [0, 0.05) is 43.9 Å². The molecule has 1 aromatic heterocycles. The van der Waals surface area contributed by atoms with Gasteiger partial charge in [-0.05, 0) is 55.5 Å². The summed E-state index contributed by atoms with van der Waals surface area (Å²) in [5, 5.41) is 4.71. The average molecular weight is 674 g/mol. The molecule has 1 atom stereocenters. The van der Waals surface area contributed by atoms with E-state index >= 15 is 0 Å². The molecule has 4 heterocycles. The molecule has 0 fully saturated rings. The number of aliphatic imine (C=N–C) groups is 1. The van der Waals surface area contributed by atoms with Crippen LogP contribution in [-0.4, -0.2) is 62.8 Å². The summed E-state index contributed by atoms with van der Waals surface area (Å²) in [5.41, 5.74) is 0.194. The highest BCUT2D eigenvalue weighted by atomic mass is 35.5. The number of nitrogens with one attached hydrogen (secondary N) is 2. The molecule has 7 rings (SSSR count). The Bertz CT molecular complexity index is 2070. The SMILES string of the molecule is [B]C1([B])[B]C(C)(C)N2C(=N1)N(CCF)c1cc(Nc3ncnc4c(C(F)(F)F)cc(F)cc34)c3c(c12)C(=C)NC3c1cc(F)ccc1Cl. The second-order valence-electron chi connectivity index (χ2n) is 12.3. The third-order valence-corrected chi connectivity index (χ3v) is 8.82. The molecule has 0 aliphatic carbocycles. The molecule has 0 spiro atoms. The van der Waals surface area contributed by atoms with Crippen LogP contribution in [0.25, 0.3) is 16.6 Å². The van der Waals surface area contributed by atoms with Crippen LogP contribution < -0.4 is 20.4 Å². The lowest BCUT2D eigenvalue weighted by Crippen LogP contribution is -2.65. The van der Waals surface area contributed by atoms with Crippen LogP contribution >= 0.6 is 11.6 Å². The smallest absolute Gasteiger partial charge is 0.374 e. The van der Waals surface area contributed by atoms with E-state index in [1.54, 1.807) is 18.2 Å². The molecule has 239 valence electrons. The minimum Gasteiger partial charge on any atom is -0.374 e. The number of benzene rings is 3. The zero-order chi connectivity index (χ0) is 34.5. The number of nitrogens with zero attached hydrogens (tertiary/aromatic N) is 5. The van der Waals surface area contributed by atoms with Crippen LogP contribution in [0, 0.1) is 11.6 Å². The molecule has 48 heavy (non-hydrogen) atoms. The summed E-state index contributed by atoms with van der Waals surface area (Å²) in [5.74, 6) is -1.62. The lowest BCUT2D eigenvalue weighted by atomic mass is 9.32. The highest BCUT2D eigenvalue weighted by molar-refractivity contribution is 6.72. The van der Waals surface area contributed by atoms with Crippen molar-refractivity contribution in [2.24, 2.45) is 4.99 Å². The molecule has 0 saturated heterocycles. The summed E-state index contributed by atoms with van der Waals surface area (Å²) >= 11 is 6.59. The number of hydrogen-bond acceptors (Lipinski definition) is 7. The zero-order valence-electron chi connectivity index (χ0n) is 25.4. The highest BCUT2D eigenvalue weighted by Gasteiger charge is 2.51. The molecule has 17 heteroatoms. The van der Waals surface area contributed by atoms with Crippen molar-refractivity contribution in [1.29, 1.82) is 0 Å². The Hall–Kier alpha value is -4.33. The van der Waals surface area contributed by atoms with Crippen molar-refractivity contribution in [2.45, 2.75) is 36.7 Å². The fraction of sp³-hybridized carbons (Fsp3) is 0.258. The number of alkyl halides is 4. The quantitative estimate of drug-likeness (QED) is 0.190. The zero-order valence-corrected chi connectivity index (χ0v) is 26.1. The van der Waals surface area contributed by atoms with Gasteiger partial charge in [0.1, 0.15) is 30.5 Å². The largest absolute Gasteiger partial charge is 0.418 e. The molecule has 1 unspecified atom stereocenters. The van der Waals surface area contributed by atoms with Gasteiger partial charge < -0.3 is 20.4 Å². The predicted molar refractivity (Wildman–Crippen MR) is 177 cm³/mol. The van der Waals surface area contributed by atoms with Crippen LogP contribution in [0.3, 0.4) is 0 Å². The Morgan fingerprint density at radius 1 is 1.10 bits per heavy atom. The van der Waals surface area contributed by atoms with Gasteiger partial charge in [0.05, 0.1) is 50.7 Å². The molecule has 5 radical (unpaired) electrons. The van der Waals surface area contributed by atoms with E-state index in [1.165, 1.54) is 18.2 Å². The molecule has 3 aliphatic rings. The maximum atomic E-state index is 14.7. The summed E-state index contributed by atoms with van der Waals surface area (Å²) in [6, 6.07) is 5.90. The third kappa shape index (κ3) is 5.06. The Balaban J connectivity index is 1.53. The second-order valence-corrected chi connectivity index (χ2v) is 12.7. The number of anilines is 4. The van der Waals surface area contributed by atoms with Crippen LogP contribution in [-0.2, 0) is 6.18 Å². The number of hydrogen-bond donors (Lipinski definition) is 2. The Kier molecular flexibility index (Phi) is 7.28. The van der Waals surface area contributed by atoms with Crippen molar-refractivity contribution in [1.82, 2.24) is 15.3 Å². The van der Waals surface area contributed by atoms with Crippen LogP contribution in [0.15, 0.2) is 54.3 Å². The minimum absolute atomic E-state index is 0.157. The van der Waals surface area contributed by atoms with E-state index < -0.39 is 52.3 Å². The maximum absolute atomic E-state index is 14.7. The molecule has 7 nitrogen and oxygen atoms in total. The fourth-order valence-corrected chi connectivity index (χ4v) is 7.03. The Labute approximate surface area is 279 Å². The molecular weight excluding hydrogens is 652 g/mol. The lowest BCUT2D eigenvalue weighted by molar-refractivity contribution is -0.136. The summed E-state index contributed by atoms with van der Waals surface area (Å²) in [6.45, 7) is 6.98. The van der Waals surface area contributed by atoms with Crippen molar-refractivity contribution < 1.29 is 26.3 Å². The predicted octanol–water partition coefficient (Wildman–Crippen LogP) is 6.34. The Morgan fingerprint density at radius 2 is 1.85 bits per heavy atom. The van der Waals surface area contributed by atoms with E-state index in [0.29, 0.717) is 39.8 Å². The van der Waals surface area contributed by atoms with E-state index in [1.807, 2.05) is 18.7 Å². The number of halogens is 7. The van der Waals surface area contributed by atoms with Gasteiger partial charge in [0.25, 0.3) is 0 Å². The van der Waals surface area contributed by atoms with Gasteiger partial charge in [-0.1, -0.05) is 18.2 Å². The maximum Gasteiger partial charge on any atom is 0.418 e. The number of aromatic nitrogens is 2. The first-order chi connectivity index (χ1) is 22.5. The van der Waals surface area contributed by atoms with E-state index in [-0.39, 0.29) is 34.4 Å². The van der Waals surface area contributed by atoms with Gasteiger partial charge in [-0.25, -0.2) is 23.1 Å². The molecule has 3 aliphatic heterocycles. The van der Waals surface area contributed by atoms with E-state index in [9.17, 15) is 26.3 Å². The highest BCUT2D eigenvalue weighted by Crippen LogP contribution is 2.55. The summed E-state index contributed by atoms with van der Waals surface area (Å²) in [7, 11) is 14.2. The fourth-order valence-electron chi connectivity index (χ4n) is 6.80. The molecular formula is C31H22B3ClF6N7. The van der Waals surface area contributed by atoms with Crippen molar-refractivity contribution in [3.8, 4) is 0 Å². The first-order valence-corrected chi connectivity index (χ1v) is 15.0. The van der Waals surface area contributed by atoms with Crippen molar-refractivity contribution >= 4 is 80.0 Å². The van der Waals surface area contributed by atoms with Crippen LogP contribution in [0.5, 0.6) is 0 Å². The standard InChI is InChI=1S/C31H22B3ClF6N7/c1-13-22-23(25(44-13)16-8-14(37)4-5-19(16)35)20(45-27-17-9-15(38)10-18(30(39,40)41)24(17)42-12-43-27)11-21-26(22)48-28(47(21)7-6-36)46-31(32,33)34-29(48,2)3/h4-5,8-12,25,44H,1,6-7H2,2-3H3,(H,42,43,45). The van der Waals surface area contributed by atoms with Gasteiger partial charge in [0.15, 0.2) is 7.28 Å². The number of rotatable bonds is 5. The molecule has 4 aromatic rings. The van der Waals surface area contributed by atoms with Crippen molar-refractivity contribution in [3.05, 3.63) is 88.2 Å². The van der Waals surface area contributed by atoms with Crippen molar-refractivity contribution in [3.63, 3.8) is 0 Å². The third-order valence-electron chi connectivity index (χ3n) is 8.48. The topological polar surface area (TPSA) is 68.7 Å². The lowest BCUT2D eigenvalue weighted by Gasteiger charge is -2.46. The molecule has 2 N–H and O–H groups in total. The average Bonchev–Trinajstić information content (AvgIpc) is 3.48. The van der Waals surface area contributed by atoms with Crippen molar-refractivity contribution in [2.75, 3.05) is 28.3 Å². The summed E-state index contributed by atoms with van der Waals surface area (Å²) < 4.78 is 85.3. The minimum atomic E-state index is -4.91. The van der Waals surface area contributed by atoms with Gasteiger partial charge in [0.2, 0.25) is 5.96 Å². The van der Waals surface area contributed by atoms with Gasteiger partial charge in [-0.2, -0.15) is 13.2 Å². The first kappa shape index (κ1) is 32.2. The van der Waals surface area contributed by atoms with Crippen LogP contribution in [0.1, 0.15) is 42.1 Å². The molecule has 3 aromatic carbocycles. The molecule has 0 bridgehead atoms. The number of guanidine groups is 1. The van der Waals surface area contributed by atoms with Gasteiger partial charge >= 0.3 is 6.18 Å². The van der Waals surface area contributed by atoms with Gasteiger partial charge in [-0.15, -0.1) is 0 Å². The monoisotopic (exact) mass is 674 g/mol. The summed E-state index contributed by atoms with van der Waals surface area (Å²) in [6.07, 6.45) is -3.99. The van der Waals surface area contributed by atoms with Crippen LogP contribution in [0.4, 0.5) is 49.2 Å². The molecule has 0 amide bonds. The van der Waals surface area contributed by atoms with Gasteiger partial charge in [-0.3, -0.25) is 4.99 Å². The summed E-state index contributed by atoms with van der Waals surface area (Å²) in [4.78, 5) is 15.9. The molecule has 0 saturated carbocycles. The number of fused-ring (bicyclic) bond motifs is 6. The second kappa shape index (κ2) is 10.8. The van der Waals surface area contributed by atoms with E-state index in [0.717, 1.165) is 12.4 Å². The normalized spacial score (nSPS) is 19.0. The van der Waals surface area contributed by atoms with E-state index in [2.05, 4.69) is 32.2 Å². The Morgan fingerprint density at radius 3 is 2.56 bits per heavy atom.